The van der Waals surface area contributed by atoms with Gasteiger partial charge in [-0.2, -0.15) is 0 Å². The van der Waals surface area contributed by atoms with Crippen LogP contribution in [0.15, 0.2) is 30.3 Å². The van der Waals surface area contributed by atoms with E-state index in [1.165, 1.54) is 0 Å². The summed E-state index contributed by atoms with van der Waals surface area (Å²) in [5.74, 6) is 0. The molecule has 3 aliphatic rings. The standard InChI is InChI=1S/C25H38N4O4/c1-24(2,3)33-23(31)27-15-11-25(12-16-27)18-28(19-25)21-9-13-29(14-10-21)26-22(30)32-17-20-7-5-4-6-8-20/h4-8,21H,9-19H2,1-3H3,(H,26,30). The number of likely N-dealkylation sites (tertiary alicyclic amines) is 2. The molecular weight excluding hydrogens is 420 g/mol. The Morgan fingerprint density at radius 1 is 1.03 bits per heavy atom. The number of hydrogen-bond acceptors (Lipinski definition) is 6. The summed E-state index contributed by atoms with van der Waals surface area (Å²) in [7, 11) is 0. The number of hydrogen-bond donors (Lipinski definition) is 1. The van der Waals surface area contributed by atoms with E-state index in [0.29, 0.717) is 11.5 Å². The minimum atomic E-state index is -0.443. The van der Waals surface area contributed by atoms with Crippen LogP contribution in [0.5, 0.6) is 0 Å². The van der Waals surface area contributed by atoms with E-state index < -0.39 is 11.7 Å². The Hall–Kier alpha value is -2.32. The molecule has 182 valence electrons. The minimum Gasteiger partial charge on any atom is -0.444 e. The second-order valence-corrected chi connectivity index (χ2v) is 10.8. The number of rotatable bonds is 4. The quantitative estimate of drug-likeness (QED) is 0.743. The Balaban J connectivity index is 1.12. The van der Waals surface area contributed by atoms with Crippen LogP contribution in [0, 0.1) is 5.41 Å². The van der Waals surface area contributed by atoms with Gasteiger partial charge in [0.1, 0.15) is 12.2 Å². The van der Waals surface area contributed by atoms with Crippen molar-refractivity contribution in [3.05, 3.63) is 35.9 Å². The predicted octanol–water partition coefficient (Wildman–Crippen LogP) is 3.63. The Kier molecular flexibility index (Phi) is 7.14. The highest BCUT2D eigenvalue weighted by molar-refractivity contribution is 5.68. The van der Waals surface area contributed by atoms with Gasteiger partial charge >= 0.3 is 12.2 Å². The number of ether oxygens (including phenoxy) is 2. The van der Waals surface area contributed by atoms with Crippen molar-refractivity contribution in [1.82, 2.24) is 20.2 Å². The average molecular weight is 459 g/mol. The fraction of sp³-hybridized carbons (Fsp3) is 0.680. The fourth-order valence-corrected chi connectivity index (χ4v) is 5.11. The largest absolute Gasteiger partial charge is 0.444 e. The van der Waals surface area contributed by atoms with Crippen molar-refractivity contribution < 1.29 is 19.1 Å². The Morgan fingerprint density at radius 2 is 1.67 bits per heavy atom. The van der Waals surface area contributed by atoms with Crippen molar-refractivity contribution in [3.8, 4) is 0 Å². The third kappa shape index (κ3) is 6.38. The second kappa shape index (κ2) is 9.89. The molecule has 0 saturated carbocycles. The molecule has 3 aliphatic heterocycles. The van der Waals surface area contributed by atoms with Gasteiger partial charge in [-0.1, -0.05) is 30.3 Å². The number of piperidine rings is 2. The van der Waals surface area contributed by atoms with Gasteiger partial charge in [0, 0.05) is 45.3 Å². The van der Waals surface area contributed by atoms with E-state index in [-0.39, 0.29) is 12.7 Å². The third-order valence-electron chi connectivity index (χ3n) is 7.00. The van der Waals surface area contributed by atoms with E-state index in [2.05, 4.69) is 10.3 Å². The molecule has 0 aromatic heterocycles. The van der Waals surface area contributed by atoms with Gasteiger partial charge in [0.05, 0.1) is 0 Å². The maximum atomic E-state index is 12.3. The molecular formula is C25H38N4O4. The third-order valence-corrected chi connectivity index (χ3v) is 7.00. The molecule has 1 N–H and O–H groups in total. The zero-order valence-electron chi connectivity index (χ0n) is 20.2. The smallest absolute Gasteiger partial charge is 0.422 e. The molecule has 1 spiro atoms. The Bertz CT molecular complexity index is 801. The maximum Gasteiger partial charge on any atom is 0.422 e. The van der Waals surface area contributed by atoms with Crippen molar-refractivity contribution in [2.24, 2.45) is 5.41 Å². The topological polar surface area (TPSA) is 74.4 Å². The minimum absolute atomic E-state index is 0.185. The highest BCUT2D eigenvalue weighted by atomic mass is 16.6. The number of carbonyl (C=O) groups excluding carboxylic acids is 2. The van der Waals surface area contributed by atoms with Crippen LogP contribution in [0.1, 0.15) is 52.0 Å². The number of nitrogens with zero attached hydrogens (tertiary/aromatic N) is 3. The molecule has 33 heavy (non-hydrogen) atoms. The first-order valence-corrected chi connectivity index (χ1v) is 12.2. The van der Waals surface area contributed by atoms with Crippen LogP contribution < -0.4 is 5.43 Å². The van der Waals surface area contributed by atoms with E-state index in [4.69, 9.17) is 9.47 Å². The van der Waals surface area contributed by atoms with E-state index >= 15 is 0 Å². The molecule has 0 unspecified atom stereocenters. The highest BCUT2D eigenvalue weighted by Crippen LogP contribution is 2.42. The number of hydrazine groups is 1. The highest BCUT2D eigenvalue weighted by Gasteiger charge is 2.48. The molecule has 4 rings (SSSR count). The predicted molar refractivity (Wildman–Crippen MR) is 125 cm³/mol. The van der Waals surface area contributed by atoms with Crippen LogP contribution in [0.25, 0.3) is 0 Å². The summed E-state index contributed by atoms with van der Waals surface area (Å²) in [5.41, 5.74) is 3.77. The number of carbonyl (C=O) groups is 2. The lowest BCUT2D eigenvalue weighted by molar-refractivity contribution is -0.0828. The van der Waals surface area contributed by atoms with Crippen LogP contribution >= 0.6 is 0 Å². The van der Waals surface area contributed by atoms with Gasteiger partial charge in [-0.3, -0.25) is 10.3 Å². The van der Waals surface area contributed by atoms with Crippen LogP contribution in [0.3, 0.4) is 0 Å². The van der Waals surface area contributed by atoms with Gasteiger partial charge in [-0.25, -0.2) is 14.6 Å². The Morgan fingerprint density at radius 3 is 2.27 bits per heavy atom. The summed E-state index contributed by atoms with van der Waals surface area (Å²) in [6.45, 7) is 11.5. The summed E-state index contributed by atoms with van der Waals surface area (Å²) < 4.78 is 10.8. The van der Waals surface area contributed by atoms with Crippen molar-refractivity contribution in [2.45, 2.75) is 64.7 Å². The Labute approximate surface area is 197 Å². The van der Waals surface area contributed by atoms with Gasteiger partial charge in [-0.05, 0) is 57.4 Å². The molecule has 3 saturated heterocycles. The molecule has 0 bridgehead atoms. The number of nitrogens with one attached hydrogen (secondary N) is 1. The van der Waals surface area contributed by atoms with Gasteiger partial charge in [0.15, 0.2) is 0 Å². The van der Waals surface area contributed by atoms with Crippen molar-refractivity contribution in [3.63, 3.8) is 0 Å². The van der Waals surface area contributed by atoms with Crippen molar-refractivity contribution in [1.29, 1.82) is 0 Å². The molecule has 1 aromatic rings. The normalized spacial score (nSPS) is 22.0. The summed E-state index contributed by atoms with van der Waals surface area (Å²) in [6, 6.07) is 10.3. The molecule has 8 nitrogen and oxygen atoms in total. The fourth-order valence-electron chi connectivity index (χ4n) is 5.11. The lowest BCUT2D eigenvalue weighted by Crippen LogP contribution is -2.65. The summed E-state index contributed by atoms with van der Waals surface area (Å²) in [5, 5.41) is 1.97. The second-order valence-electron chi connectivity index (χ2n) is 10.8. The van der Waals surface area contributed by atoms with Gasteiger partial charge in [0.25, 0.3) is 0 Å². The van der Waals surface area contributed by atoms with E-state index in [9.17, 15) is 9.59 Å². The first-order valence-electron chi connectivity index (χ1n) is 12.2. The van der Waals surface area contributed by atoms with Gasteiger partial charge in [-0.15, -0.1) is 0 Å². The van der Waals surface area contributed by atoms with E-state index in [0.717, 1.165) is 70.5 Å². The zero-order valence-corrected chi connectivity index (χ0v) is 20.2. The molecule has 3 fully saturated rings. The summed E-state index contributed by atoms with van der Waals surface area (Å²) in [6.07, 6.45) is 3.61. The van der Waals surface area contributed by atoms with Crippen molar-refractivity contribution >= 4 is 12.2 Å². The van der Waals surface area contributed by atoms with Crippen LogP contribution in [-0.4, -0.2) is 77.9 Å². The van der Waals surface area contributed by atoms with Crippen molar-refractivity contribution in [2.75, 3.05) is 39.3 Å². The van der Waals surface area contributed by atoms with Gasteiger partial charge in [0.2, 0.25) is 0 Å². The molecule has 8 heteroatoms. The van der Waals surface area contributed by atoms with Crippen LogP contribution in [0.4, 0.5) is 9.59 Å². The van der Waals surface area contributed by atoms with Crippen LogP contribution in [0.2, 0.25) is 0 Å². The van der Waals surface area contributed by atoms with Gasteiger partial charge < -0.3 is 14.4 Å². The molecule has 0 atom stereocenters. The van der Waals surface area contributed by atoms with E-state index in [1.54, 1.807) is 0 Å². The van der Waals surface area contributed by atoms with E-state index in [1.807, 2.05) is 61.0 Å². The summed E-state index contributed by atoms with van der Waals surface area (Å²) >= 11 is 0. The zero-order chi connectivity index (χ0) is 23.5. The lowest BCUT2D eigenvalue weighted by Gasteiger charge is -2.57. The average Bonchev–Trinajstić information content (AvgIpc) is 2.76. The lowest BCUT2D eigenvalue weighted by atomic mass is 9.71. The first kappa shape index (κ1) is 23.8. The molecule has 0 aliphatic carbocycles. The molecule has 3 heterocycles. The molecule has 2 amide bonds. The first-order chi connectivity index (χ1) is 15.7. The number of benzene rings is 1. The monoisotopic (exact) mass is 458 g/mol. The molecule has 0 radical (unpaired) electrons. The number of amides is 2. The maximum absolute atomic E-state index is 12.3. The summed E-state index contributed by atoms with van der Waals surface area (Å²) in [4.78, 5) is 28.9. The van der Waals surface area contributed by atoms with Crippen LogP contribution in [-0.2, 0) is 16.1 Å². The molecule has 1 aromatic carbocycles. The SMILES string of the molecule is CC(C)(C)OC(=O)N1CCC2(CC1)CN(C1CCN(NC(=O)OCc3ccccc3)CC1)C2.